The van der Waals surface area contributed by atoms with Crippen molar-refractivity contribution in [1.29, 1.82) is 0 Å². The van der Waals surface area contributed by atoms with E-state index in [-0.39, 0.29) is 11.8 Å². The lowest BCUT2D eigenvalue weighted by molar-refractivity contribution is -0.131. The Morgan fingerprint density at radius 3 is 2.42 bits per heavy atom. The third kappa shape index (κ3) is 4.24. The molecular formula is C15H23NO3. The molecule has 0 fully saturated rings. The monoisotopic (exact) mass is 265 g/mol. The standard InChI is InChI=1S/C15H23NO3/c1-10(2)14-9-12(18-4)6-7-13(14)11(3)8-15(17)16-19-5/h6-7,9-11H,8H2,1-5H3,(H,16,17). The summed E-state index contributed by atoms with van der Waals surface area (Å²) in [6.07, 6.45) is 0.403. The van der Waals surface area contributed by atoms with E-state index in [9.17, 15) is 4.79 Å². The summed E-state index contributed by atoms with van der Waals surface area (Å²) >= 11 is 0. The van der Waals surface area contributed by atoms with Crippen LogP contribution in [0.3, 0.4) is 0 Å². The van der Waals surface area contributed by atoms with Crippen LogP contribution >= 0.6 is 0 Å². The van der Waals surface area contributed by atoms with E-state index in [2.05, 4.69) is 24.2 Å². The summed E-state index contributed by atoms with van der Waals surface area (Å²) in [4.78, 5) is 16.2. The average molecular weight is 265 g/mol. The van der Waals surface area contributed by atoms with Crippen molar-refractivity contribution in [2.75, 3.05) is 14.2 Å². The van der Waals surface area contributed by atoms with Crippen LogP contribution in [0.25, 0.3) is 0 Å². The number of carbonyl (C=O) groups excluding carboxylic acids is 1. The van der Waals surface area contributed by atoms with Gasteiger partial charge in [-0.25, -0.2) is 5.48 Å². The van der Waals surface area contributed by atoms with E-state index < -0.39 is 0 Å². The maximum absolute atomic E-state index is 11.6. The first-order chi connectivity index (χ1) is 8.99. The molecule has 0 spiro atoms. The lowest BCUT2D eigenvalue weighted by atomic mass is 9.88. The molecule has 4 nitrogen and oxygen atoms in total. The number of hydrogen-bond donors (Lipinski definition) is 1. The van der Waals surface area contributed by atoms with Crippen LogP contribution in [0, 0.1) is 0 Å². The van der Waals surface area contributed by atoms with E-state index in [4.69, 9.17) is 4.74 Å². The maximum Gasteiger partial charge on any atom is 0.244 e. The Hall–Kier alpha value is -1.55. The zero-order chi connectivity index (χ0) is 14.4. The number of rotatable bonds is 6. The quantitative estimate of drug-likeness (QED) is 0.804. The van der Waals surface area contributed by atoms with E-state index in [1.807, 2.05) is 25.1 Å². The molecule has 0 heterocycles. The molecular weight excluding hydrogens is 242 g/mol. The zero-order valence-corrected chi connectivity index (χ0v) is 12.3. The van der Waals surface area contributed by atoms with Gasteiger partial charge in [0, 0.05) is 6.42 Å². The van der Waals surface area contributed by atoms with Crippen molar-refractivity contribution in [2.24, 2.45) is 0 Å². The predicted molar refractivity (Wildman–Crippen MR) is 75.3 cm³/mol. The second-order valence-electron chi connectivity index (χ2n) is 4.98. The van der Waals surface area contributed by atoms with Crippen molar-refractivity contribution in [3.8, 4) is 5.75 Å². The number of benzene rings is 1. The van der Waals surface area contributed by atoms with Crippen molar-refractivity contribution in [2.45, 2.75) is 39.0 Å². The summed E-state index contributed by atoms with van der Waals surface area (Å²) in [7, 11) is 3.10. The fourth-order valence-corrected chi connectivity index (χ4v) is 2.17. The number of carbonyl (C=O) groups is 1. The average Bonchev–Trinajstić information content (AvgIpc) is 2.38. The summed E-state index contributed by atoms with van der Waals surface area (Å²) in [5.74, 6) is 1.26. The van der Waals surface area contributed by atoms with Gasteiger partial charge in [0.05, 0.1) is 14.2 Å². The highest BCUT2D eigenvalue weighted by atomic mass is 16.6. The molecule has 0 saturated carbocycles. The lowest BCUT2D eigenvalue weighted by Gasteiger charge is -2.19. The van der Waals surface area contributed by atoms with Gasteiger partial charge in [-0.1, -0.05) is 26.8 Å². The third-order valence-electron chi connectivity index (χ3n) is 3.15. The topological polar surface area (TPSA) is 47.6 Å². The highest BCUT2D eigenvalue weighted by Crippen LogP contribution is 2.31. The van der Waals surface area contributed by atoms with Crippen LogP contribution in [0.4, 0.5) is 0 Å². The molecule has 4 heteroatoms. The van der Waals surface area contributed by atoms with Crippen molar-refractivity contribution >= 4 is 5.91 Å². The Bertz CT molecular complexity index is 429. The number of hydroxylamine groups is 1. The lowest BCUT2D eigenvalue weighted by Crippen LogP contribution is -2.23. The fourth-order valence-electron chi connectivity index (χ4n) is 2.17. The number of hydrogen-bond acceptors (Lipinski definition) is 3. The van der Waals surface area contributed by atoms with Crippen LogP contribution in [0.5, 0.6) is 5.75 Å². The van der Waals surface area contributed by atoms with E-state index in [1.54, 1.807) is 7.11 Å². The minimum atomic E-state index is -0.111. The van der Waals surface area contributed by atoms with Gasteiger partial charge in [0.2, 0.25) is 5.91 Å². The first kappa shape index (κ1) is 15.5. The maximum atomic E-state index is 11.6. The molecule has 106 valence electrons. The molecule has 0 saturated heterocycles. The third-order valence-corrected chi connectivity index (χ3v) is 3.15. The Morgan fingerprint density at radius 2 is 1.89 bits per heavy atom. The summed E-state index contributed by atoms with van der Waals surface area (Å²) in [6, 6.07) is 6.02. The van der Waals surface area contributed by atoms with E-state index in [0.717, 1.165) is 5.75 Å². The smallest absolute Gasteiger partial charge is 0.244 e. The summed E-state index contributed by atoms with van der Waals surface area (Å²) in [5, 5.41) is 0. The van der Waals surface area contributed by atoms with Gasteiger partial charge in [0.15, 0.2) is 0 Å². The largest absolute Gasteiger partial charge is 0.497 e. The van der Waals surface area contributed by atoms with Crippen molar-refractivity contribution in [3.05, 3.63) is 29.3 Å². The van der Waals surface area contributed by atoms with Crippen molar-refractivity contribution < 1.29 is 14.4 Å². The van der Waals surface area contributed by atoms with Crippen LogP contribution in [0.15, 0.2) is 18.2 Å². The molecule has 1 atom stereocenters. The minimum absolute atomic E-state index is 0.111. The predicted octanol–water partition coefficient (Wildman–Crippen LogP) is 2.99. The highest BCUT2D eigenvalue weighted by Gasteiger charge is 2.17. The molecule has 0 aromatic heterocycles. The van der Waals surface area contributed by atoms with Gasteiger partial charge in [-0.05, 0) is 35.1 Å². The summed E-state index contributed by atoms with van der Waals surface area (Å²) in [5.41, 5.74) is 4.76. The van der Waals surface area contributed by atoms with E-state index in [1.165, 1.54) is 18.2 Å². The number of ether oxygens (including phenoxy) is 1. The molecule has 0 bridgehead atoms. The van der Waals surface area contributed by atoms with Crippen molar-refractivity contribution in [1.82, 2.24) is 5.48 Å². The Kier molecular flexibility index (Phi) is 5.83. The Morgan fingerprint density at radius 1 is 1.21 bits per heavy atom. The SMILES string of the molecule is CONC(=O)CC(C)c1ccc(OC)cc1C(C)C. The molecule has 19 heavy (non-hydrogen) atoms. The fraction of sp³-hybridized carbons (Fsp3) is 0.533. The van der Waals surface area contributed by atoms with Gasteiger partial charge in [0.25, 0.3) is 0 Å². The molecule has 1 aromatic carbocycles. The molecule has 1 amide bonds. The van der Waals surface area contributed by atoms with Gasteiger partial charge in [0.1, 0.15) is 5.75 Å². The second-order valence-corrected chi connectivity index (χ2v) is 4.98. The van der Waals surface area contributed by atoms with Gasteiger partial charge >= 0.3 is 0 Å². The van der Waals surface area contributed by atoms with E-state index >= 15 is 0 Å². The van der Waals surface area contributed by atoms with Crippen LogP contribution in [-0.4, -0.2) is 20.1 Å². The molecule has 0 radical (unpaired) electrons. The number of nitrogens with one attached hydrogen (secondary N) is 1. The Balaban J connectivity index is 2.95. The van der Waals surface area contributed by atoms with Gasteiger partial charge in [-0.15, -0.1) is 0 Å². The molecule has 0 aliphatic heterocycles. The normalized spacial score (nSPS) is 12.3. The minimum Gasteiger partial charge on any atom is -0.497 e. The molecule has 1 unspecified atom stereocenters. The van der Waals surface area contributed by atoms with Crippen LogP contribution in [0.2, 0.25) is 0 Å². The van der Waals surface area contributed by atoms with Crippen LogP contribution < -0.4 is 10.2 Å². The molecule has 1 N–H and O–H groups in total. The van der Waals surface area contributed by atoms with Crippen LogP contribution in [-0.2, 0) is 9.63 Å². The van der Waals surface area contributed by atoms with Gasteiger partial charge in [-0.3, -0.25) is 9.63 Å². The highest BCUT2D eigenvalue weighted by molar-refractivity contribution is 5.75. The first-order valence-electron chi connectivity index (χ1n) is 6.49. The molecule has 0 aliphatic carbocycles. The Labute approximate surface area is 115 Å². The van der Waals surface area contributed by atoms with Gasteiger partial charge in [-0.2, -0.15) is 0 Å². The second kappa shape index (κ2) is 7.14. The van der Waals surface area contributed by atoms with Gasteiger partial charge < -0.3 is 4.74 Å². The number of amides is 1. The van der Waals surface area contributed by atoms with Crippen molar-refractivity contribution in [3.63, 3.8) is 0 Å². The van der Waals surface area contributed by atoms with Crippen LogP contribution in [0.1, 0.15) is 50.2 Å². The first-order valence-corrected chi connectivity index (χ1v) is 6.49. The molecule has 1 aromatic rings. The molecule has 1 rings (SSSR count). The number of methoxy groups -OCH3 is 1. The van der Waals surface area contributed by atoms with E-state index in [0.29, 0.717) is 12.3 Å². The zero-order valence-electron chi connectivity index (χ0n) is 12.3. The molecule has 0 aliphatic rings. The summed E-state index contributed by atoms with van der Waals surface area (Å²) in [6.45, 7) is 6.32. The summed E-state index contributed by atoms with van der Waals surface area (Å²) < 4.78 is 5.26.